The van der Waals surface area contributed by atoms with Crippen LogP contribution in [0.3, 0.4) is 0 Å². The number of nitrogens with one attached hydrogen (secondary N) is 2. The Labute approximate surface area is 148 Å². The quantitative estimate of drug-likeness (QED) is 0.640. The number of aromatic nitrogens is 3. The SMILES string of the molecule is CCN(CC)CCCNc1nnc(Cc2ccc(OC)cc2)c(=O)[nH]1. The first-order valence-electron chi connectivity index (χ1n) is 8.71. The van der Waals surface area contributed by atoms with Gasteiger partial charge in [-0.3, -0.25) is 9.78 Å². The number of methoxy groups -OCH3 is 1. The molecule has 0 spiro atoms. The van der Waals surface area contributed by atoms with Crippen molar-refractivity contribution in [3.05, 3.63) is 45.9 Å². The zero-order valence-corrected chi connectivity index (χ0v) is 15.2. The lowest BCUT2D eigenvalue weighted by atomic mass is 10.1. The minimum atomic E-state index is -0.211. The molecule has 2 aromatic rings. The van der Waals surface area contributed by atoms with Crippen LogP contribution < -0.4 is 15.6 Å². The van der Waals surface area contributed by atoms with Gasteiger partial charge in [0, 0.05) is 13.0 Å². The van der Waals surface area contributed by atoms with Gasteiger partial charge in [0.1, 0.15) is 11.4 Å². The normalized spacial score (nSPS) is 10.9. The average Bonchev–Trinajstić information content (AvgIpc) is 2.64. The maximum Gasteiger partial charge on any atom is 0.274 e. The topological polar surface area (TPSA) is 83.1 Å². The molecule has 25 heavy (non-hydrogen) atoms. The van der Waals surface area contributed by atoms with Crippen molar-refractivity contribution in [3.8, 4) is 5.75 Å². The highest BCUT2D eigenvalue weighted by atomic mass is 16.5. The van der Waals surface area contributed by atoms with Crippen LogP contribution >= 0.6 is 0 Å². The standard InChI is InChI=1S/C18H27N5O2/c1-4-23(5-2)12-6-11-19-18-20-17(24)16(21-22-18)13-14-7-9-15(25-3)10-8-14/h7-10H,4-6,11-13H2,1-3H3,(H2,19,20,22,24). The van der Waals surface area contributed by atoms with Crippen molar-refractivity contribution in [2.24, 2.45) is 0 Å². The van der Waals surface area contributed by atoms with E-state index in [1.165, 1.54) is 0 Å². The molecule has 0 aliphatic rings. The van der Waals surface area contributed by atoms with Crippen LogP contribution in [0.1, 0.15) is 31.5 Å². The largest absolute Gasteiger partial charge is 0.497 e. The second-order valence-electron chi connectivity index (χ2n) is 5.78. The molecule has 0 unspecified atom stereocenters. The molecule has 0 bridgehead atoms. The van der Waals surface area contributed by atoms with Gasteiger partial charge in [0.25, 0.3) is 5.56 Å². The lowest BCUT2D eigenvalue weighted by Gasteiger charge is -2.17. The molecule has 1 aromatic heterocycles. The predicted molar refractivity (Wildman–Crippen MR) is 99.3 cm³/mol. The van der Waals surface area contributed by atoms with Crippen molar-refractivity contribution < 1.29 is 4.74 Å². The molecule has 0 amide bonds. The molecule has 1 aromatic carbocycles. The number of ether oxygens (including phenoxy) is 1. The number of hydrogen-bond acceptors (Lipinski definition) is 6. The van der Waals surface area contributed by atoms with Crippen LogP contribution in [0.5, 0.6) is 5.75 Å². The van der Waals surface area contributed by atoms with Crippen LogP contribution in [-0.4, -0.2) is 53.4 Å². The van der Waals surface area contributed by atoms with Gasteiger partial charge in [-0.15, -0.1) is 10.2 Å². The molecule has 7 nitrogen and oxygen atoms in total. The Morgan fingerprint density at radius 1 is 1.16 bits per heavy atom. The van der Waals surface area contributed by atoms with Gasteiger partial charge in [0.2, 0.25) is 5.95 Å². The zero-order valence-electron chi connectivity index (χ0n) is 15.2. The molecule has 0 saturated heterocycles. The molecule has 2 rings (SSSR count). The lowest BCUT2D eigenvalue weighted by Crippen LogP contribution is -2.26. The Balaban J connectivity index is 1.88. The van der Waals surface area contributed by atoms with E-state index < -0.39 is 0 Å². The minimum Gasteiger partial charge on any atom is -0.497 e. The highest BCUT2D eigenvalue weighted by molar-refractivity contribution is 5.30. The van der Waals surface area contributed by atoms with E-state index in [9.17, 15) is 4.79 Å². The second-order valence-corrected chi connectivity index (χ2v) is 5.78. The van der Waals surface area contributed by atoms with E-state index in [1.54, 1.807) is 7.11 Å². The number of benzene rings is 1. The lowest BCUT2D eigenvalue weighted by molar-refractivity contribution is 0.303. The van der Waals surface area contributed by atoms with Gasteiger partial charge in [-0.1, -0.05) is 26.0 Å². The van der Waals surface area contributed by atoms with Crippen LogP contribution in [0.2, 0.25) is 0 Å². The van der Waals surface area contributed by atoms with E-state index in [0.29, 0.717) is 18.1 Å². The summed E-state index contributed by atoms with van der Waals surface area (Å²) in [6.45, 7) is 8.18. The van der Waals surface area contributed by atoms with Crippen molar-refractivity contribution in [2.75, 3.05) is 38.6 Å². The fourth-order valence-corrected chi connectivity index (χ4v) is 2.54. The summed E-state index contributed by atoms with van der Waals surface area (Å²) in [4.78, 5) is 17.3. The van der Waals surface area contributed by atoms with Gasteiger partial charge in [-0.05, 0) is 43.8 Å². The van der Waals surface area contributed by atoms with Crippen molar-refractivity contribution in [1.82, 2.24) is 20.1 Å². The third-order valence-electron chi connectivity index (χ3n) is 4.13. The van der Waals surface area contributed by atoms with Crippen LogP contribution in [0.25, 0.3) is 0 Å². The maximum atomic E-state index is 12.2. The Hall–Kier alpha value is -2.41. The first kappa shape index (κ1) is 18.9. The monoisotopic (exact) mass is 345 g/mol. The highest BCUT2D eigenvalue weighted by Gasteiger charge is 2.06. The zero-order chi connectivity index (χ0) is 18.1. The fraction of sp³-hybridized carbons (Fsp3) is 0.500. The summed E-state index contributed by atoms with van der Waals surface area (Å²) in [6, 6.07) is 7.56. The van der Waals surface area contributed by atoms with Crippen LogP contribution in [0.4, 0.5) is 5.95 Å². The van der Waals surface area contributed by atoms with Crippen LogP contribution in [0.15, 0.2) is 29.1 Å². The van der Waals surface area contributed by atoms with Crippen molar-refractivity contribution in [2.45, 2.75) is 26.7 Å². The van der Waals surface area contributed by atoms with E-state index >= 15 is 0 Å². The molecule has 0 atom stereocenters. The summed E-state index contributed by atoms with van der Waals surface area (Å²) in [5.74, 6) is 1.20. The molecule has 0 aliphatic heterocycles. The van der Waals surface area contributed by atoms with Gasteiger partial charge in [-0.25, -0.2) is 0 Å². The Kier molecular flexibility index (Phi) is 7.40. The van der Waals surface area contributed by atoms with E-state index in [-0.39, 0.29) is 5.56 Å². The number of rotatable bonds is 10. The highest BCUT2D eigenvalue weighted by Crippen LogP contribution is 2.12. The summed E-state index contributed by atoms with van der Waals surface area (Å²) < 4.78 is 5.13. The first-order chi connectivity index (χ1) is 12.2. The van der Waals surface area contributed by atoms with Crippen molar-refractivity contribution in [1.29, 1.82) is 0 Å². The van der Waals surface area contributed by atoms with Gasteiger partial charge in [0.15, 0.2) is 0 Å². The van der Waals surface area contributed by atoms with Gasteiger partial charge < -0.3 is 15.0 Å². The number of aromatic amines is 1. The Morgan fingerprint density at radius 3 is 2.48 bits per heavy atom. The summed E-state index contributed by atoms with van der Waals surface area (Å²) in [5.41, 5.74) is 1.18. The molecular formula is C18H27N5O2. The smallest absolute Gasteiger partial charge is 0.274 e. The van der Waals surface area contributed by atoms with E-state index in [1.807, 2.05) is 24.3 Å². The predicted octanol–water partition coefficient (Wildman–Crippen LogP) is 1.91. The average molecular weight is 345 g/mol. The number of nitrogens with zero attached hydrogens (tertiary/aromatic N) is 3. The molecule has 7 heteroatoms. The molecule has 136 valence electrons. The summed E-state index contributed by atoms with van der Waals surface area (Å²) in [7, 11) is 1.62. The third kappa shape index (κ3) is 5.86. The van der Waals surface area contributed by atoms with E-state index in [2.05, 4.69) is 39.2 Å². The first-order valence-corrected chi connectivity index (χ1v) is 8.71. The van der Waals surface area contributed by atoms with Gasteiger partial charge in [-0.2, -0.15) is 0 Å². The molecule has 2 N–H and O–H groups in total. The maximum absolute atomic E-state index is 12.2. The summed E-state index contributed by atoms with van der Waals surface area (Å²) >= 11 is 0. The van der Waals surface area contributed by atoms with Crippen molar-refractivity contribution in [3.63, 3.8) is 0 Å². The van der Waals surface area contributed by atoms with Gasteiger partial charge in [0.05, 0.1) is 7.11 Å². The van der Waals surface area contributed by atoms with Gasteiger partial charge >= 0.3 is 0 Å². The molecule has 0 aliphatic carbocycles. The molecule has 0 radical (unpaired) electrons. The minimum absolute atomic E-state index is 0.211. The summed E-state index contributed by atoms with van der Waals surface area (Å²) in [5, 5.41) is 11.3. The van der Waals surface area contributed by atoms with E-state index in [0.717, 1.165) is 43.9 Å². The number of H-pyrrole nitrogens is 1. The molecule has 0 saturated carbocycles. The van der Waals surface area contributed by atoms with Crippen molar-refractivity contribution >= 4 is 5.95 Å². The fourth-order valence-electron chi connectivity index (χ4n) is 2.54. The molecular weight excluding hydrogens is 318 g/mol. The molecule has 1 heterocycles. The van der Waals surface area contributed by atoms with Crippen LogP contribution in [0, 0.1) is 0 Å². The number of hydrogen-bond donors (Lipinski definition) is 2. The number of anilines is 1. The third-order valence-corrected chi connectivity index (χ3v) is 4.13. The van der Waals surface area contributed by atoms with Crippen LogP contribution in [-0.2, 0) is 6.42 Å². The molecule has 0 fully saturated rings. The summed E-state index contributed by atoms with van der Waals surface area (Å²) in [6.07, 6.45) is 1.42. The second kappa shape index (κ2) is 9.78. The van der Waals surface area contributed by atoms with E-state index in [4.69, 9.17) is 4.74 Å². The Bertz CT molecular complexity index is 695. The Morgan fingerprint density at radius 2 is 1.88 bits per heavy atom.